The fourth-order valence-electron chi connectivity index (χ4n) is 8.58. The summed E-state index contributed by atoms with van der Waals surface area (Å²) < 4.78 is 5.24. The summed E-state index contributed by atoms with van der Waals surface area (Å²) in [5, 5.41) is 0. The van der Waals surface area contributed by atoms with Gasteiger partial charge in [0.2, 0.25) is 11.4 Å². The SMILES string of the molecule is CCCCc1ccc2c(c1)-c1cccc(C)[n+]1C(C)(CC)C2(CC)CCC[n+]1cc(-c2ccccc2)ccc1-c1ccccc1C. The highest BCUT2D eigenvalue weighted by Crippen LogP contribution is 2.52. The minimum absolute atomic E-state index is 0.0184. The molecule has 0 saturated heterocycles. The summed E-state index contributed by atoms with van der Waals surface area (Å²) in [6.07, 6.45) is 10.4. The van der Waals surface area contributed by atoms with Gasteiger partial charge in [-0.2, -0.15) is 9.13 Å². The van der Waals surface area contributed by atoms with Crippen LogP contribution in [0.2, 0.25) is 0 Å². The zero-order chi connectivity index (χ0) is 32.3. The van der Waals surface area contributed by atoms with Gasteiger partial charge in [-0.1, -0.05) is 87.9 Å². The van der Waals surface area contributed by atoms with E-state index in [2.05, 4.69) is 160 Å². The number of hydrogen-bond acceptors (Lipinski definition) is 0. The van der Waals surface area contributed by atoms with Crippen LogP contribution in [0.1, 0.15) is 88.6 Å². The minimum Gasteiger partial charge on any atom is -0.198 e. The Morgan fingerprint density at radius 1 is 0.652 bits per heavy atom. The summed E-state index contributed by atoms with van der Waals surface area (Å²) in [4.78, 5) is 0. The lowest BCUT2D eigenvalue weighted by Gasteiger charge is -2.49. The maximum Gasteiger partial charge on any atom is 0.213 e. The molecule has 0 amide bonds. The summed E-state index contributed by atoms with van der Waals surface area (Å²) in [7, 11) is 0. The fourth-order valence-corrected chi connectivity index (χ4v) is 8.58. The van der Waals surface area contributed by atoms with Crippen LogP contribution in [0.3, 0.4) is 0 Å². The van der Waals surface area contributed by atoms with Crippen LogP contribution in [0.5, 0.6) is 0 Å². The molecule has 0 fully saturated rings. The second-order valence-electron chi connectivity index (χ2n) is 13.7. The summed E-state index contributed by atoms with van der Waals surface area (Å²) in [5.74, 6) is 0. The molecule has 0 spiro atoms. The van der Waals surface area contributed by atoms with E-state index in [4.69, 9.17) is 0 Å². The molecule has 5 aromatic rings. The molecule has 6 rings (SSSR count). The Labute approximate surface area is 277 Å². The zero-order valence-corrected chi connectivity index (χ0v) is 28.9. The fraction of sp³-hybridized carbons (Fsp3) is 0.364. The van der Waals surface area contributed by atoms with Crippen LogP contribution in [0, 0.1) is 13.8 Å². The van der Waals surface area contributed by atoms with E-state index in [1.54, 1.807) is 5.56 Å². The minimum atomic E-state index is -0.0320. The lowest BCUT2D eigenvalue weighted by atomic mass is 9.57. The summed E-state index contributed by atoms with van der Waals surface area (Å²) in [5.41, 5.74) is 13.6. The van der Waals surface area contributed by atoms with Crippen LogP contribution in [-0.2, 0) is 23.9 Å². The van der Waals surface area contributed by atoms with E-state index in [-0.39, 0.29) is 11.0 Å². The van der Waals surface area contributed by atoms with Crippen LogP contribution in [0.15, 0.2) is 109 Å². The molecule has 0 aliphatic carbocycles. The zero-order valence-electron chi connectivity index (χ0n) is 28.9. The van der Waals surface area contributed by atoms with Gasteiger partial charge in [-0.05, 0) is 79.1 Å². The van der Waals surface area contributed by atoms with Crippen molar-refractivity contribution in [1.82, 2.24) is 0 Å². The van der Waals surface area contributed by atoms with E-state index in [9.17, 15) is 0 Å². The third-order valence-corrected chi connectivity index (χ3v) is 11.3. The lowest BCUT2D eigenvalue weighted by Crippen LogP contribution is -2.69. The molecule has 3 heterocycles. The topological polar surface area (TPSA) is 7.76 Å². The standard InChI is InChI=1S/C44H52N2/c1-7-10-20-35-25-27-40-39(31-35)42-24-16-19-34(5)46(42)43(6,8-2)44(40,9-3)29-17-30-45-32-37(36-21-12-11-13-22-36)26-28-41(45)38-23-15-14-18-33(38)4/h11-16,18-19,21-28,31-32H,7-10,17,20,29-30H2,1-6H3/q+2. The smallest absolute Gasteiger partial charge is 0.198 e. The summed E-state index contributed by atoms with van der Waals surface area (Å²) in [6, 6.07) is 38.7. The van der Waals surface area contributed by atoms with E-state index in [1.807, 2.05) is 0 Å². The summed E-state index contributed by atoms with van der Waals surface area (Å²) >= 11 is 0. The van der Waals surface area contributed by atoms with E-state index >= 15 is 0 Å². The number of benzene rings is 3. The van der Waals surface area contributed by atoms with E-state index in [1.165, 1.54) is 63.3 Å². The molecule has 0 N–H and O–H groups in total. The predicted molar refractivity (Wildman–Crippen MR) is 193 cm³/mol. The number of aryl methyl sites for hydroxylation is 4. The van der Waals surface area contributed by atoms with Crippen molar-refractivity contribution in [2.45, 2.75) is 104 Å². The quantitative estimate of drug-likeness (QED) is 0.132. The first-order valence-corrected chi connectivity index (χ1v) is 17.7. The first kappa shape index (κ1) is 31.9. The Morgan fingerprint density at radius 2 is 1.43 bits per heavy atom. The van der Waals surface area contributed by atoms with E-state index in [0.717, 1.165) is 38.6 Å². The first-order valence-electron chi connectivity index (χ1n) is 17.7. The largest absolute Gasteiger partial charge is 0.213 e. The van der Waals surface area contributed by atoms with Crippen molar-refractivity contribution in [3.63, 3.8) is 0 Å². The van der Waals surface area contributed by atoms with Gasteiger partial charge in [0.25, 0.3) is 0 Å². The number of hydrogen-bond donors (Lipinski definition) is 0. The highest BCUT2D eigenvalue weighted by Gasteiger charge is 2.59. The van der Waals surface area contributed by atoms with Crippen LogP contribution in [0.4, 0.5) is 0 Å². The number of aromatic nitrogens is 2. The van der Waals surface area contributed by atoms with Gasteiger partial charge >= 0.3 is 0 Å². The van der Waals surface area contributed by atoms with Crippen molar-refractivity contribution in [2.75, 3.05) is 0 Å². The predicted octanol–water partition coefficient (Wildman–Crippen LogP) is 10.5. The summed E-state index contributed by atoms with van der Waals surface area (Å²) in [6.45, 7) is 15.2. The Balaban J connectivity index is 1.43. The number of fused-ring (bicyclic) bond motifs is 3. The van der Waals surface area contributed by atoms with E-state index < -0.39 is 0 Å². The van der Waals surface area contributed by atoms with Gasteiger partial charge in [0.1, 0.15) is 6.54 Å². The number of rotatable bonds is 11. The van der Waals surface area contributed by atoms with Crippen LogP contribution >= 0.6 is 0 Å². The molecule has 0 radical (unpaired) electrons. The third kappa shape index (κ3) is 5.51. The van der Waals surface area contributed by atoms with Crippen molar-refractivity contribution < 1.29 is 9.13 Å². The second kappa shape index (κ2) is 13.4. The molecule has 2 unspecified atom stereocenters. The molecule has 0 saturated carbocycles. The molecule has 2 heteroatoms. The Morgan fingerprint density at radius 3 is 2.17 bits per heavy atom. The lowest BCUT2D eigenvalue weighted by molar-refractivity contribution is -0.771. The molecule has 46 heavy (non-hydrogen) atoms. The van der Waals surface area contributed by atoms with Crippen LogP contribution < -0.4 is 9.13 Å². The van der Waals surface area contributed by atoms with Crippen LogP contribution in [-0.4, -0.2) is 0 Å². The average Bonchev–Trinajstić information content (AvgIpc) is 3.09. The van der Waals surface area contributed by atoms with E-state index in [0.29, 0.717) is 0 Å². The van der Waals surface area contributed by atoms with Gasteiger partial charge in [-0.15, -0.1) is 0 Å². The molecule has 2 atom stereocenters. The molecule has 2 aromatic heterocycles. The van der Waals surface area contributed by atoms with Gasteiger partial charge < -0.3 is 0 Å². The van der Waals surface area contributed by atoms with Gasteiger partial charge in [0.05, 0.1) is 11.0 Å². The highest BCUT2D eigenvalue weighted by atomic mass is 15.1. The molecule has 0 bridgehead atoms. The van der Waals surface area contributed by atoms with Crippen molar-refractivity contribution in [1.29, 1.82) is 0 Å². The third-order valence-electron chi connectivity index (χ3n) is 11.3. The Hall–Kier alpha value is -4.04. The molecule has 1 aliphatic heterocycles. The molecule has 2 nitrogen and oxygen atoms in total. The molecule has 1 aliphatic rings. The van der Waals surface area contributed by atoms with Crippen molar-refractivity contribution >= 4 is 0 Å². The van der Waals surface area contributed by atoms with Crippen molar-refractivity contribution in [3.05, 3.63) is 132 Å². The Bertz CT molecular complexity index is 1820. The number of pyridine rings is 2. The number of unbranched alkanes of at least 4 members (excludes halogenated alkanes) is 1. The van der Waals surface area contributed by atoms with Crippen LogP contribution in [0.25, 0.3) is 33.6 Å². The van der Waals surface area contributed by atoms with Crippen molar-refractivity contribution in [3.8, 4) is 33.6 Å². The molecular formula is C44H52N2+2. The normalized spacial score (nSPS) is 18.7. The number of nitrogens with zero attached hydrogens (tertiary/aromatic N) is 2. The van der Waals surface area contributed by atoms with Gasteiger partial charge in [-0.3, -0.25) is 0 Å². The first-order chi connectivity index (χ1) is 22.4. The maximum absolute atomic E-state index is 2.71. The van der Waals surface area contributed by atoms with Gasteiger partial charge in [0, 0.05) is 56.0 Å². The Kier molecular flexibility index (Phi) is 9.27. The average molecular weight is 609 g/mol. The molecular weight excluding hydrogens is 556 g/mol. The van der Waals surface area contributed by atoms with Gasteiger partial charge in [0.15, 0.2) is 17.4 Å². The van der Waals surface area contributed by atoms with Gasteiger partial charge in [-0.25, -0.2) is 0 Å². The second-order valence-corrected chi connectivity index (χ2v) is 13.7. The maximum atomic E-state index is 2.71. The molecule has 3 aromatic carbocycles. The highest BCUT2D eigenvalue weighted by molar-refractivity contribution is 5.67. The monoisotopic (exact) mass is 608 g/mol. The van der Waals surface area contributed by atoms with Crippen molar-refractivity contribution in [2.24, 2.45) is 0 Å². The molecule has 236 valence electrons.